The van der Waals surface area contributed by atoms with Gasteiger partial charge in [-0.05, 0) is 50.9 Å². The minimum absolute atomic E-state index is 0.0104. The zero-order chi connectivity index (χ0) is 18.8. The zero-order valence-corrected chi connectivity index (χ0v) is 16.0. The summed E-state index contributed by atoms with van der Waals surface area (Å²) in [5.41, 5.74) is 0.761. The van der Waals surface area contributed by atoms with Crippen molar-refractivity contribution in [2.45, 2.75) is 45.8 Å². The van der Waals surface area contributed by atoms with Crippen molar-refractivity contribution in [2.75, 3.05) is 5.75 Å². The van der Waals surface area contributed by atoms with E-state index >= 15 is 0 Å². The van der Waals surface area contributed by atoms with Crippen molar-refractivity contribution in [1.82, 2.24) is 0 Å². The van der Waals surface area contributed by atoms with Crippen LogP contribution in [0, 0.1) is 0 Å². The summed E-state index contributed by atoms with van der Waals surface area (Å²) in [4.78, 5) is 22.7. The maximum Gasteiger partial charge on any atom is 0.491 e. The van der Waals surface area contributed by atoms with Crippen LogP contribution in [-0.4, -0.2) is 40.6 Å². The average molecular weight is 362 g/mol. The Morgan fingerprint density at radius 2 is 1.80 bits per heavy atom. The minimum atomic E-state index is -0.606. The van der Waals surface area contributed by atoms with Crippen LogP contribution in [0.4, 0.5) is 0 Å². The number of hydrogen-bond donors (Lipinski definition) is 1. The summed E-state index contributed by atoms with van der Waals surface area (Å²) in [5.74, 6) is 0.417. The molecule has 0 bridgehead atoms. The van der Waals surface area contributed by atoms with Gasteiger partial charge in [-0.3, -0.25) is 9.59 Å². The molecule has 1 saturated heterocycles. The van der Waals surface area contributed by atoms with Crippen LogP contribution in [0.15, 0.2) is 23.7 Å². The van der Waals surface area contributed by atoms with Crippen molar-refractivity contribution in [3.63, 3.8) is 0 Å². The fourth-order valence-electron chi connectivity index (χ4n) is 2.35. The second-order valence-electron chi connectivity index (χ2n) is 7.02. The number of aromatic hydroxyl groups is 1. The molecule has 1 aromatic carbocycles. The molecular formula is C18H23BO5S. The van der Waals surface area contributed by atoms with Gasteiger partial charge in [-0.1, -0.05) is 23.9 Å². The molecule has 0 amide bonds. The van der Waals surface area contributed by atoms with Gasteiger partial charge in [0.25, 0.3) is 0 Å². The first kappa shape index (κ1) is 19.8. The van der Waals surface area contributed by atoms with E-state index in [1.165, 1.54) is 19.1 Å². The largest absolute Gasteiger partial charge is 0.508 e. The molecule has 1 aliphatic heterocycles. The van der Waals surface area contributed by atoms with E-state index in [4.69, 9.17) is 9.31 Å². The third kappa shape index (κ3) is 4.54. The highest BCUT2D eigenvalue weighted by molar-refractivity contribution is 8.13. The van der Waals surface area contributed by atoms with Gasteiger partial charge in [-0.25, -0.2) is 0 Å². The monoisotopic (exact) mass is 362 g/mol. The second-order valence-corrected chi connectivity index (χ2v) is 8.17. The summed E-state index contributed by atoms with van der Waals surface area (Å²) in [5, 5.41) is 9.54. The molecule has 0 radical (unpaired) electrons. The average Bonchev–Trinajstić information content (AvgIpc) is 2.72. The van der Waals surface area contributed by atoms with E-state index in [0.29, 0.717) is 23.2 Å². The van der Waals surface area contributed by atoms with E-state index < -0.39 is 18.3 Å². The molecule has 1 N–H and O–H groups in total. The molecule has 134 valence electrons. The fourth-order valence-corrected chi connectivity index (χ4v) is 2.94. The van der Waals surface area contributed by atoms with E-state index in [1.54, 1.807) is 12.1 Å². The number of carbonyl (C=O) groups excluding carboxylic acids is 2. The number of phenols is 1. The Morgan fingerprint density at radius 1 is 1.20 bits per heavy atom. The van der Waals surface area contributed by atoms with Gasteiger partial charge in [0.1, 0.15) is 5.75 Å². The molecule has 7 heteroatoms. The van der Waals surface area contributed by atoms with Crippen LogP contribution in [0.2, 0.25) is 0 Å². The topological polar surface area (TPSA) is 72.8 Å². The first-order chi connectivity index (χ1) is 11.6. The molecule has 0 aromatic heterocycles. The van der Waals surface area contributed by atoms with E-state index in [9.17, 15) is 14.7 Å². The number of aldehydes is 1. The lowest BCUT2D eigenvalue weighted by atomic mass is 9.78. The lowest BCUT2D eigenvalue weighted by molar-refractivity contribution is -0.109. The zero-order valence-electron chi connectivity index (χ0n) is 15.2. The van der Waals surface area contributed by atoms with Crippen molar-refractivity contribution >= 4 is 36.4 Å². The Bertz CT molecular complexity index is 695. The number of rotatable bonds is 5. The number of hydrogen-bond acceptors (Lipinski definition) is 6. The van der Waals surface area contributed by atoms with Crippen molar-refractivity contribution in [1.29, 1.82) is 0 Å². The van der Waals surface area contributed by atoms with Crippen LogP contribution in [0.1, 0.15) is 50.5 Å². The molecule has 5 nitrogen and oxygen atoms in total. The van der Waals surface area contributed by atoms with Gasteiger partial charge in [-0.2, -0.15) is 0 Å². The SMILES string of the molecule is CC(=O)SCC(=Cc1ccc(O)cc1C=O)B1OC(C)(C)C(C)(C)O1. The Balaban J connectivity index is 2.40. The Hall–Kier alpha value is -1.57. The van der Waals surface area contributed by atoms with E-state index in [0.717, 1.165) is 17.2 Å². The highest BCUT2D eigenvalue weighted by Gasteiger charge is 2.52. The van der Waals surface area contributed by atoms with Gasteiger partial charge in [0, 0.05) is 18.2 Å². The summed E-state index contributed by atoms with van der Waals surface area (Å²) < 4.78 is 12.2. The predicted octanol–water partition coefficient (Wildman–Crippen LogP) is 3.50. The van der Waals surface area contributed by atoms with Crippen LogP contribution in [-0.2, 0) is 14.1 Å². The summed E-state index contributed by atoms with van der Waals surface area (Å²) in [6, 6.07) is 4.57. The highest BCUT2D eigenvalue weighted by Crippen LogP contribution is 2.39. The first-order valence-electron chi connectivity index (χ1n) is 8.03. The molecule has 1 aliphatic rings. The van der Waals surface area contributed by atoms with Crippen LogP contribution >= 0.6 is 11.8 Å². The standard InChI is InChI=1S/C18H23BO5S/c1-12(21)25-11-15(19-23-17(2,3)18(4,5)24-19)8-13-6-7-16(22)9-14(13)10-20/h6-10,22H,11H2,1-5H3. The van der Waals surface area contributed by atoms with Crippen LogP contribution in [0.5, 0.6) is 5.75 Å². The van der Waals surface area contributed by atoms with Crippen molar-refractivity contribution in [3.8, 4) is 5.75 Å². The van der Waals surface area contributed by atoms with Gasteiger partial charge in [0.05, 0.1) is 11.2 Å². The summed E-state index contributed by atoms with van der Waals surface area (Å²) >= 11 is 1.16. The first-order valence-corrected chi connectivity index (χ1v) is 9.02. The number of carbonyl (C=O) groups is 2. The van der Waals surface area contributed by atoms with E-state index in [2.05, 4.69) is 0 Å². The van der Waals surface area contributed by atoms with Gasteiger partial charge in [0.2, 0.25) is 0 Å². The Labute approximate surface area is 152 Å². The summed E-state index contributed by atoms with van der Waals surface area (Å²) in [7, 11) is -0.606. The predicted molar refractivity (Wildman–Crippen MR) is 101 cm³/mol. The summed E-state index contributed by atoms with van der Waals surface area (Å²) in [6.07, 6.45) is 2.48. The van der Waals surface area contributed by atoms with Gasteiger partial charge in [0.15, 0.2) is 11.4 Å². The third-order valence-corrected chi connectivity index (χ3v) is 5.42. The molecule has 25 heavy (non-hydrogen) atoms. The lowest BCUT2D eigenvalue weighted by Crippen LogP contribution is -2.41. The van der Waals surface area contributed by atoms with Crippen LogP contribution < -0.4 is 0 Å². The molecule has 1 fully saturated rings. The summed E-state index contributed by atoms with van der Waals surface area (Å²) in [6.45, 7) is 9.34. The molecule has 0 atom stereocenters. The molecule has 0 aliphatic carbocycles. The molecule has 1 heterocycles. The van der Waals surface area contributed by atoms with Crippen LogP contribution in [0.25, 0.3) is 6.08 Å². The normalized spacial score (nSPS) is 19.1. The van der Waals surface area contributed by atoms with Crippen molar-refractivity contribution in [3.05, 3.63) is 34.8 Å². The molecular weight excluding hydrogens is 339 g/mol. The second kappa shape index (κ2) is 7.36. The third-order valence-electron chi connectivity index (χ3n) is 4.54. The van der Waals surface area contributed by atoms with E-state index in [-0.39, 0.29) is 10.9 Å². The maximum atomic E-state index is 11.4. The molecule has 0 unspecified atom stereocenters. The van der Waals surface area contributed by atoms with Gasteiger partial charge < -0.3 is 14.4 Å². The number of benzene rings is 1. The quantitative estimate of drug-likeness (QED) is 0.639. The lowest BCUT2D eigenvalue weighted by Gasteiger charge is -2.32. The maximum absolute atomic E-state index is 11.4. The van der Waals surface area contributed by atoms with E-state index in [1.807, 2.05) is 27.7 Å². The van der Waals surface area contributed by atoms with Gasteiger partial charge >= 0.3 is 7.12 Å². The van der Waals surface area contributed by atoms with Gasteiger partial charge in [-0.15, -0.1) is 0 Å². The van der Waals surface area contributed by atoms with Crippen molar-refractivity contribution in [2.24, 2.45) is 0 Å². The highest BCUT2D eigenvalue weighted by atomic mass is 32.2. The number of phenolic OH excluding ortho intramolecular Hbond substituents is 1. The Morgan fingerprint density at radius 3 is 2.32 bits per heavy atom. The fraction of sp³-hybridized carbons (Fsp3) is 0.444. The molecule has 1 aromatic rings. The van der Waals surface area contributed by atoms with Crippen LogP contribution in [0.3, 0.4) is 0 Å². The smallest absolute Gasteiger partial charge is 0.491 e. The minimum Gasteiger partial charge on any atom is -0.508 e. The molecule has 0 spiro atoms. The molecule has 2 rings (SSSR count). The van der Waals surface area contributed by atoms with Crippen molar-refractivity contribution < 1.29 is 24.0 Å². The number of thioether (sulfide) groups is 1. The molecule has 0 saturated carbocycles. The Kier molecular flexibility index (Phi) is 5.81.